The molecule has 9 heteroatoms. The summed E-state index contributed by atoms with van der Waals surface area (Å²) in [6.07, 6.45) is 0.416. The number of amides is 1. The number of carbonyl (C=O) groups excluding carboxylic acids is 2. The summed E-state index contributed by atoms with van der Waals surface area (Å²) < 4.78 is 5.38. The lowest BCUT2D eigenvalue weighted by molar-refractivity contribution is -0.159. The van der Waals surface area contributed by atoms with E-state index in [-0.39, 0.29) is 17.9 Å². The minimum Gasteiger partial charge on any atom is -0.452 e. The zero-order valence-corrected chi connectivity index (χ0v) is 19.9. The van der Waals surface area contributed by atoms with E-state index in [9.17, 15) is 14.4 Å². The number of benzene rings is 1. The number of hydrogen-bond acceptors (Lipinski definition) is 7. The van der Waals surface area contributed by atoms with Gasteiger partial charge in [-0.1, -0.05) is 36.4 Å². The van der Waals surface area contributed by atoms with Crippen molar-refractivity contribution in [2.45, 2.75) is 32.9 Å². The van der Waals surface area contributed by atoms with Gasteiger partial charge in [0.2, 0.25) is 0 Å². The number of rotatable bonds is 7. The van der Waals surface area contributed by atoms with Crippen LogP contribution in [0.1, 0.15) is 23.7 Å². The summed E-state index contributed by atoms with van der Waals surface area (Å²) in [5.74, 6) is -0.540. The number of aromatic nitrogens is 3. The molecule has 9 nitrogen and oxygen atoms in total. The third kappa shape index (κ3) is 6.19. The smallest absolute Gasteiger partial charge is 0.311 e. The summed E-state index contributed by atoms with van der Waals surface area (Å²) in [5, 5.41) is 0. The highest BCUT2D eigenvalue weighted by molar-refractivity contribution is 5.84. The number of ether oxygens (including phenoxy) is 1. The number of esters is 1. The third-order valence-corrected chi connectivity index (χ3v) is 6.04. The SMILES string of the molecule is Cc1nc(-c2ccccn2)[nH]c(=O)c1CC(=O)O[C@H](C)C(=O)N1CCN(Cc2ccccc2)CC1. The molecule has 0 unspecified atom stereocenters. The second-order valence-electron chi connectivity index (χ2n) is 8.59. The van der Waals surface area contributed by atoms with E-state index in [2.05, 4.69) is 32.0 Å². The predicted molar refractivity (Wildman–Crippen MR) is 130 cm³/mol. The number of carbonyl (C=O) groups is 2. The molecular formula is C26H29N5O4. The van der Waals surface area contributed by atoms with Gasteiger partial charge in [0.1, 0.15) is 5.69 Å². The molecule has 0 bridgehead atoms. The van der Waals surface area contributed by atoms with Crippen LogP contribution in [0.15, 0.2) is 59.5 Å². The van der Waals surface area contributed by atoms with Gasteiger partial charge in [0.25, 0.3) is 11.5 Å². The Bertz CT molecular complexity index is 1220. The maximum Gasteiger partial charge on any atom is 0.311 e. The minimum absolute atomic E-state index is 0.212. The average molecular weight is 476 g/mol. The van der Waals surface area contributed by atoms with E-state index in [1.165, 1.54) is 5.56 Å². The van der Waals surface area contributed by atoms with Crippen LogP contribution in [0.5, 0.6) is 0 Å². The molecule has 3 aromatic rings. The van der Waals surface area contributed by atoms with E-state index < -0.39 is 17.6 Å². The number of H-pyrrole nitrogens is 1. The van der Waals surface area contributed by atoms with E-state index in [1.54, 1.807) is 43.1 Å². The monoisotopic (exact) mass is 475 g/mol. The number of nitrogens with one attached hydrogen (secondary N) is 1. The van der Waals surface area contributed by atoms with Crippen LogP contribution in [-0.4, -0.2) is 68.9 Å². The number of aryl methyl sites for hydroxylation is 1. The Kier molecular flexibility index (Phi) is 7.67. The quantitative estimate of drug-likeness (QED) is 0.521. The summed E-state index contributed by atoms with van der Waals surface area (Å²) >= 11 is 0. The standard InChI is InChI=1S/C26H29N5O4/c1-18-21(25(33)29-24(28-18)22-10-6-7-11-27-22)16-23(32)35-19(2)26(34)31-14-12-30(13-15-31)17-20-8-4-3-5-9-20/h3-11,19H,12-17H2,1-2H3,(H,28,29,33)/t19-/m1/s1. The summed E-state index contributed by atoms with van der Waals surface area (Å²) in [7, 11) is 0. The fourth-order valence-corrected chi connectivity index (χ4v) is 4.10. The Labute approximate surface area is 203 Å². The number of nitrogens with zero attached hydrogens (tertiary/aromatic N) is 4. The molecule has 1 aliphatic rings. The normalized spacial score (nSPS) is 15.0. The fraction of sp³-hybridized carbons (Fsp3) is 0.346. The van der Waals surface area contributed by atoms with Gasteiger partial charge in [-0.25, -0.2) is 4.98 Å². The van der Waals surface area contributed by atoms with Gasteiger partial charge >= 0.3 is 5.97 Å². The summed E-state index contributed by atoms with van der Waals surface area (Å²) in [6.45, 7) is 6.73. The maximum atomic E-state index is 12.8. The van der Waals surface area contributed by atoms with Crippen LogP contribution in [0, 0.1) is 6.92 Å². The molecule has 4 rings (SSSR count). The number of hydrogen-bond donors (Lipinski definition) is 1. The van der Waals surface area contributed by atoms with Crippen molar-refractivity contribution in [1.29, 1.82) is 0 Å². The molecule has 3 heterocycles. The number of piperazine rings is 1. The molecular weight excluding hydrogens is 446 g/mol. The first-order chi connectivity index (χ1) is 16.9. The highest BCUT2D eigenvalue weighted by Crippen LogP contribution is 2.13. The van der Waals surface area contributed by atoms with Crippen molar-refractivity contribution >= 4 is 11.9 Å². The molecule has 2 aromatic heterocycles. The number of pyridine rings is 1. The van der Waals surface area contributed by atoms with Crippen molar-refractivity contribution < 1.29 is 14.3 Å². The molecule has 1 aliphatic heterocycles. The van der Waals surface area contributed by atoms with Crippen LogP contribution in [-0.2, 0) is 27.3 Å². The Morgan fingerprint density at radius 1 is 1.06 bits per heavy atom. The molecule has 0 spiro atoms. The van der Waals surface area contributed by atoms with Crippen LogP contribution in [0.2, 0.25) is 0 Å². The maximum absolute atomic E-state index is 12.8. The Balaban J connectivity index is 1.30. The Hall–Kier alpha value is -3.85. The van der Waals surface area contributed by atoms with Gasteiger partial charge in [0.05, 0.1) is 6.42 Å². The first kappa shape index (κ1) is 24.3. The predicted octanol–water partition coefficient (Wildman–Crippen LogP) is 1.96. The van der Waals surface area contributed by atoms with Crippen molar-refractivity contribution in [1.82, 2.24) is 24.8 Å². The van der Waals surface area contributed by atoms with E-state index in [0.717, 1.165) is 19.6 Å². The van der Waals surface area contributed by atoms with Gasteiger partial charge < -0.3 is 14.6 Å². The molecule has 1 N–H and O–H groups in total. The van der Waals surface area contributed by atoms with E-state index >= 15 is 0 Å². The largest absolute Gasteiger partial charge is 0.452 e. The van der Waals surface area contributed by atoms with Gasteiger partial charge in [-0.3, -0.25) is 24.3 Å². The first-order valence-corrected chi connectivity index (χ1v) is 11.7. The highest BCUT2D eigenvalue weighted by atomic mass is 16.5. The lowest BCUT2D eigenvalue weighted by Crippen LogP contribution is -2.51. The van der Waals surface area contributed by atoms with Gasteiger partial charge in [0.15, 0.2) is 11.9 Å². The minimum atomic E-state index is -0.927. The fourth-order valence-electron chi connectivity index (χ4n) is 4.10. The average Bonchev–Trinajstić information content (AvgIpc) is 2.87. The van der Waals surface area contributed by atoms with Crippen LogP contribution in [0.4, 0.5) is 0 Å². The molecule has 1 fully saturated rings. The van der Waals surface area contributed by atoms with Crippen LogP contribution < -0.4 is 5.56 Å². The summed E-state index contributed by atoms with van der Waals surface area (Å²) in [4.78, 5) is 53.2. The molecule has 35 heavy (non-hydrogen) atoms. The summed E-state index contributed by atoms with van der Waals surface area (Å²) in [6, 6.07) is 15.5. The zero-order valence-electron chi connectivity index (χ0n) is 19.9. The van der Waals surface area contributed by atoms with Crippen molar-refractivity contribution in [3.05, 3.63) is 81.9 Å². The molecule has 1 aromatic carbocycles. The topological polar surface area (TPSA) is 108 Å². The summed E-state index contributed by atoms with van der Waals surface area (Å²) in [5.41, 5.74) is 1.97. The zero-order chi connectivity index (χ0) is 24.8. The molecule has 0 saturated carbocycles. The van der Waals surface area contributed by atoms with Crippen molar-refractivity contribution in [3.8, 4) is 11.5 Å². The molecule has 1 saturated heterocycles. The van der Waals surface area contributed by atoms with Crippen molar-refractivity contribution in [2.24, 2.45) is 0 Å². The molecule has 1 amide bonds. The van der Waals surface area contributed by atoms with E-state index in [0.29, 0.717) is 30.3 Å². The van der Waals surface area contributed by atoms with Gasteiger partial charge in [-0.05, 0) is 31.5 Å². The third-order valence-electron chi connectivity index (χ3n) is 6.04. The van der Waals surface area contributed by atoms with Crippen molar-refractivity contribution in [2.75, 3.05) is 26.2 Å². The van der Waals surface area contributed by atoms with Gasteiger partial charge in [-0.2, -0.15) is 0 Å². The van der Waals surface area contributed by atoms with E-state index in [1.807, 2.05) is 18.2 Å². The lowest BCUT2D eigenvalue weighted by atomic mass is 10.1. The highest BCUT2D eigenvalue weighted by Gasteiger charge is 2.27. The van der Waals surface area contributed by atoms with Crippen molar-refractivity contribution in [3.63, 3.8) is 0 Å². The molecule has 182 valence electrons. The molecule has 0 radical (unpaired) electrons. The van der Waals surface area contributed by atoms with Crippen LogP contribution >= 0.6 is 0 Å². The lowest BCUT2D eigenvalue weighted by Gasteiger charge is -2.35. The second-order valence-corrected chi connectivity index (χ2v) is 8.59. The van der Waals surface area contributed by atoms with Gasteiger partial charge in [0, 0.05) is 50.2 Å². The molecule has 0 aliphatic carbocycles. The van der Waals surface area contributed by atoms with E-state index in [4.69, 9.17) is 4.74 Å². The van der Waals surface area contributed by atoms with Crippen LogP contribution in [0.3, 0.4) is 0 Å². The molecule has 1 atom stereocenters. The first-order valence-electron chi connectivity index (χ1n) is 11.7. The van der Waals surface area contributed by atoms with Gasteiger partial charge in [-0.15, -0.1) is 0 Å². The Morgan fingerprint density at radius 3 is 2.43 bits per heavy atom. The number of aromatic amines is 1. The Morgan fingerprint density at radius 2 is 1.77 bits per heavy atom. The van der Waals surface area contributed by atoms with Crippen LogP contribution in [0.25, 0.3) is 11.5 Å². The second kappa shape index (κ2) is 11.1.